The van der Waals surface area contributed by atoms with Gasteiger partial charge in [0.15, 0.2) is 0 Å². The molecule has 3 rings (SSSR count). The standard InChI is InChI=1S/C19H24FN3O2/c1-2-18-21-9-11-22(18)13-19(24)23-10-3-4-15(12-23)14-25-17-7-5-16(20)6-8-17/h5-9,11,15H,2-4,10,12-14H2,1H3/t15-/m0/s1. The average Bonchev–Trinajstić information content (AvgIpc) is 3.08. The molecule has 0 radical (unpaired) electrons. The van der Waals surface area contributed by atoms with Crippen molar-refractivity contribution in [3.63, 3.8) is 0 Å². The van der Waals surface area contributed by atoms with E-state index >= 15 is 0 Å². The van der Waals surface area contributed by atoms with Gasteiger partial charge in [-0.25, -0.2) is 9.37 Å². The first-order valence-corrected chi connectivity index (χ1v) is 8.82. The summed E-state index contributed by atoms with van der Waals surface area (Å²) in [5.74, 6) is 1.75. The molecule has 1 atom stereocenters. The fourth-order valence-corrected chi connectivity index (χ4v) is 3.22. The number of benzene rings is 1. The van der Waals surface area contributed by atoms with Crippen molar-refractivity contribution < 1.29 is 13.9 Å². The Morgan fingerprint density at radius 2 is 2.16 bits per heavy atom. The lowest BCUT2D eigenvalue weighted by atomic mass is 9.99. The molecule has 25 heavy (non-hydrogen) atoms. The molecule has 1 aromatic heterocycles. The Bertz CT molecular complexity index is 699. The van der Waals surface area contributed by atoms with Crippen LogP contribution in [0.2, 0.25) is 0 Å². The second-order valence-corrected chi connectivity index (χ2v) is 6.44. The van der Waals surface area contributed by atoms with Gasteiger partial charge in [0.2, 0.25) is 5.91 Å². The van der Waals surface area contributed by atoms with E-state index in [-0.39, 0.29) is 11.7 Å². The highest BCUT2D eigenvalue weighted by Crippen LogP contribution is 2.19. The third-order valence-corrected chi connectivity index (χ3v) is 4.59. The fourth-order valence-electron chi connectivity index (χ4n) is 3.22. The first-order chi connectivity index (χ1) is 12.2. The van der Waals surface area contributed by atoms with Gasteiger partial charge in [-0.3, -0.25) is 4.79 Å². The Kier molecular flexibility index (Phi) is 5.68. The number of piperidine rings is 1. The molecule has 134 valence electrons. The molecule has 5 nitrogen and oxygen atoms in total. The van der Waals surface area contributed by atoms with Gasteiger partial charge < -0.3 is 14.2 Å². The molecule has 2 heterocycles. The number of nitrogens with zero attached hydrogens (tertiary/aromatic N) is 3. The van der Waals surface area contributed by atoms with Crippen molar-refractivity contribution >= 4 is 5.91 Å². The minimum atomic E-state index is -0.271. The first-order valence-electron chi connectivity index (χ1n) is 8.82. The molecule has 1 aromatic carbocycles. The predicted molar refractivity (Wildman–Crippen MR) is 92.8 cm³/mol. The third-order valence-electron chi connectivity index (χ3n) is 4.59. The number of halogens is 1. The summed E-state index contributed by atoms with van der Waals surface area (Å²) < 4.78 is 20.6. The van der Waals surface area contributed by atoms with Gasteiger partial charge in [0.25, 0.3) is 0 Å². The van der Waals surface area contributed by atoms with Gasteiger partial charge >= 0.3 is 0 Å². The maximum atomic E-state index is 12.9. The molecule has 0 N–H and O–H groups in total. The largest absolute Gasteiger partial charge is 0.493 e. The smallest absolute Gasteiger partial charge is 0.242 e. The summed E-state index contributed by atoms with van der Waals surface area (Å²) in [7, 11) is 0. The maximum Gasteiger partial charge on any atom is 0.242 e. The number of imidazole rings is 1. The molecule has 6 heteroatoms. The molecule has 0 bridgehead atoms. The number of carbonyl (C=O) groups excluding carboxylic acids is 1. The van der Waals surface area contributed by atoms with Gasteiger partial charge in [-0.1, -0.05) is 6.92 Å². The van der Waals surface area contributed by atoms with Crippen LogP contribution in [0.25, 0.3) is 0 Å². The number of amides is 1. The van der Waals surface area contributed by atoms with Crippen LogP contribution in [-0.2, 0) is 17.8 Å². The zero-order chi connectivity index (χ0) is 17.6. The quantitative estimate of drug-likeness (QED) is 0.809. The summed E-state index contributed by atoms with van der Waals surface area (Å²) in [4.78, 5) is 18.8. The van der Waals surface area contributed by atoms with E-state index in [0.717, 1.165) is 31.6 Å². The fraction of sp³-hybridized carbons (Fsp3) is 0.474. The van der Waals surface area contributed by atoms with Crippen LogP contribution in [-0.4, -0.2) is 40.1 Å². The van der Waals surface area contributed by atoms with E-state index in [2.05, 4.69) is 4.98 Å². The van der Waals surface area contributed by atoms with Crippen LogP contribution in [0.15, 0.2) is 36.7 Å². The number of aromatic nitrogens is 2. The molecule has 1 fully saturated rings. The minimum absolute atomic E-state index is 0.124. The summed E-state index contributed by atoms with van der Waals surface area (Å²) in [6.07, 6.45) is 6.43. The molecule has 1 amide bonds. The molecule has 1 aliphatic rings. The Morgan fingerprint density at radius 3 is 2.92 bits per heavy atom. The summed E-state index contributed by atoms with van der Waals surface area (Å²) >= 11 is 0. The lowest BCUT2D eigenvalue weighted by Gasteiger charge is -2.33. The van der Waals surface area contributed by atoms with Crippen LogP contribution in [0.1, 0.15) is 25.6 Å². The third kappa shape index (κ3) is 4.59. The number of ether oxygens (including phenoxy) is 1. The van der Waals surface area contributed by atoms with Crippen molar-refractivity contribution in [1.29, 1.82) is 0 Å². The molecular formula is C19H24FN3O2. The molecule has 1 saturated heterocycles. The summed E-state index contributed by atoms with van der Waals surface area (Å²) in [6.45, 7) is 4.42. The maximum absolute atomic E-state index is 12.9. The number of likely N-dealkylation sites (tertiary alicyclic amines) is 1. The van der Waals surface area contributed by atoms with Crippen molar-refractivity contribution in [2.24, 2.45) is 5.92 Å². The molecule has 0 aliphatic carbocycles. The van der Waals surface area contributed by atoms with Gasteiger partial charge in [0.1, 0.15) is 23.9 Å². The van der Waals surface area contributed by atoms with Crippen LogP contribution < -0.4 is 4.74 Å². The summed E-state index contributed by atoms with van der Waals surface area (Å²) in [5.41, 5.74) is 0. The van der Waals surface area contributed by atoms with Crippen molar-refractivity contribution in [2.45, 2.75) is 32.7 Å². The topological polar surface area (TPSA) is 47.4 Å². The summed E-state index contributed by atoms with van der Waals surface area (Å²) in [5, 5.41) is 0. The minimum Gasteiger partial charge on any atom is -0.493 e. The Morgan fingerprint density at radius 1 is 1.36 bits per heavy atom. The Balaban J connectivity index is 1.51. The van der Waals surface area contributed by atoms with Crippen LogP contribution in [0, 0.1) is 11.7 Å². The van der Waals surface area contributed by atoms with Gasteiger partial charge in [-0.05, 0) is 37.1 Å². The summed E-state index contributed by atoms with van der Waals surface area (Å²) in [6, 6.07) is 6.05. The number of rotatable bonds is 6. The zero-order valence-electron chi connectivity index (χ0n) is 14.5. The van der Waals surface area contributed by atoms with Gasteiger partial charge in [-0.2, -0.15) is 0 Å². The van der Waals surface area contributed by atoms with Crippen LogP contribution in [0.4, 0.5) is 4.39 Å². The SMILES string of the molecule is CCc1nccn1CC(=O)N1CCC[C@H](COc2ccc(F)cc2)C1. The van der Waals surface area contributed by atoms with E-state index in [1.54, 1.807) is 18.3 Å². The van der Waals surface area contributed by atoms with Gasteiger partial charge in [-0.15, -0.1) is 0 Å². The number of aryl methyl sites for hydroxylation is 1. The Labute approximate surface area is 147 Å². The highest BCUT2D eigenvalue weighted by Gasteiger charge is 2.24. The van der Waals surface area contributed by atoms with E-state index < -0.39 is 0 Å². The molecular weight excluding hydrogens is 321 g/mol. The molecule has 0 saturated carbocycles. The normalized spacial score (nSPS) is 17.5. The predicted octanol–water partition coefficient (Wildman–Crippen LogP) is 2.90. The monoisotopic (exact) mass is 345 g/mol. The zero-order valence-corrected chi connectivity index (χ0v) is 14.5. The van der Waals surface area contributed by atoms with Crippen molar-refractivity contribution in [3.05, 3.63) is 48.3 Å². The molecule has 1 aliphatic heterocycles. The van der Waals surface area contributed by atoms with Crippen molar-refractivity contribution in [1.82, 2.24) is 14.5 Å². The highest BCUT2D eigenvalue weighted by atomic mass is 19.1. The average molecular weight is 345 g/mol. The van der Waals surface area contributed by atoms with Crippen LogP contribution in [0.3, 0.4) is 0 Å². The van der Waals surface area contributed by atoms with E-state index in [1.807, 2.05) is 22.6 Å². The van der Waals surface area contributed by atoms with Crippen molar-refractivity contribution in [2.75, 3.05) is 19.7 Å². The van der Waals surface area contributed by atoms with Crippen LogP contribution in [0.5, 0.6) is 5.75 Å². The van der Waals surface area contributed by atoms with E-state index in [1.165, 1.54) is 12.1 Å². The van der Waals surface area contributed by atoms with Crippen LogP contribution >= 0.6 is 0 Å². The van der Waals surface area contributed by atoms with Gasteiger partial charge in [0.05, 0.1) is 6.61 Å². The lowest BCUT2D eigenvalue weighted by Crippen LogP contribution is -2.43. The number of hydrogen-bond donors (Lipinski definition) is 0. The molecule has 0 unspecified atom stereocenters. The molecule has 2 aromatic rings. The van der Waals surface area contributed by atoms with E-state index in [4.69, 9.17) is 4.74 Å². The second-order valence-electron chi connectivity index (χ2n) is 6.44. The van der Waals surface area contributed by atoms with Crippen molar-refractivity contribution in [3.8, 4) is 5.75 Å². The second kappa shape index (κ2) is 8.14. The lowest BCUT2D eigenvalue weighted by molar-refractivity contribution is -0.133. The Hall–Kier alpha value is -2.37. The highest BCUT2D eigenvalue weighted by molar-refractivity contribution is 5.76. The van der Waals surface area contributed by atoms with E-state index in [0.29, 0.717) is 31.4 Å². The molecule has 0 spiro atoms. The number of carbonyl (C=O) groups is 1. The van der Waals surface area contributed by atoms with E-state index in [9.17, 15) is 9.18 Å². The van der Waals surface area contributed by atoms with Gasteiger partial charge in [0, 0.05) is 37.8 Å². The number of hydrogen-bond acceptors (Lipinski definition) is 3. The first kappa shape index (κ1) is 17.5.